The third-order valence-corrected chi connectivity index (χ3v) is 6.61. The Morgan fingerprint density at radius 2 is 1.89 bits per heavy atom. The molecule has 3 nitrogen and oxygen atoms in total. The number of nitriles is 1. The summed E-state index contributed by atoms with van der Waals surface area (Å²) >= 11 is 3.78. The molecule has 0 radical (unpaired) electrons. The summed E-state index contributed by atoms with van der Waals surface area (Å²) in [5, 5.41) is 9.86. The van der Waals surface area contributed by atoms with Crippen molar-refractivity contribution < 1.29 is 9.47 Å². The van der Waals surface area contributed by atoms with Crippen molar-refractivity contribution in [3.63, 3.8) is 0 Å². The molecule has 3 fully saturated rings. The topological polar surface area (TPSA) is 42.2 Å². The third-order valence-electron chi connectivity index (χ3n) is 5.53. The van der Waals surface area contributed by atoms with Crippen molar-refractivity contribution in [3.05, 3.63) is 0 Å². The lowest BCUT2D eigenvalue weighted by atomic mass is 9.50. The zero-order valence-electron chi connectivity index (χ0n) is 11.7. The van der Waals surface area contributed by atoms with Crippen LogP contribution < -0.4 is 0 Å². The van der Waals surface area contributed by atoms with E-state index in [-0.39, 0.29) is 15.7 Å². The van der Waals surface area contributed by atoms with Crippen LogP contribution in [0.3, 0.4) is 0 Å². The molecule has 0 aromatic rings. The molecule has 3 aliphatic rings. The maximum absolute atomic E-state index is 9.86. The van der Waals surface area contributed by atoms with Gasteiger partial charge >= 0.3 is 0 Å². The number of fused-ring (bicyclic) bond motifs is 1. The molecule has 106 valence electrons. The van der Waals surface area contributed by atoms with Gasteiger partial charge in [0.2, 0.25) is 0 Å². The van der Waals surface area contributed by atoms with Gasteiger partial charge < -0.3 is 9.47 Å². The first-order valence-corrected chi connectivity index (χ1v) is 8.19. The minimum atomic E-state index is -0.556. The van der Waals surface area contributed by atoms with Gasteiger partial charge in [-0.3, -0.25) is 0 Å². The molecule has 0 unspecified atom stereocenters. The summed E-state index contributed by atoms with van der Waals surface area (Å²) in [5.41, 5.74) is -0.0312. The zero-order chi connectivity index (χ0) is 13.7. The molecule has 4 heteroatoms. The van der Waals surface area contributed by atoms with E-state index in [0.29, 0.717) is 19.1 Å². The van der Waals surface area contributed by atoms with Crippen molar-refractivity contribution in [3.8, 4) is 6.07 Å². The van der Waals surface area contributed by atoms with Gasteiger partial charge in [-0.2, -0.15) is 5.26 Å². The Bertz CT molecular complexity index is 411. The van der Waals surface area contributed by atoms with Gasteiger partial charge in [-0.1, -0.05) is 36.2 Å². The van der Waals surface area contributed by atoms with E-state index in [4.69, 9.17) is 9.47 Å². The van der Waals surface area contributed by atoms with E-state index in [0.717, 1.165) is 25.7 Å². The highest BCUT2D eigenvalue weighted by Crippen LogP contribution is 2.61. The highest BCUT2D eigenvalue weighted by molar-refractivity contribution is 9.09. The number of hydrogen-bond donors (Lipinski definition) is 0. The van der Waals surface area contributed by atoms with Crippen molar-refractivity contribution in [2.24, 2.45) is 16.7 Å². The number of hydrogen-bond acceptors (Lipinski definition) is 3. The predicted octanol–water partition coefficient (Wildman–Crippen LogP) is 3.62. The van der Waals surface area contributed by atoms with Crippen LogP contribution in [-0.2, 0) is 9.47 Å². The van der Waals surface area contributed by atoms with Gasteiger partial charge in [-0.25, -0.2) is 0 Å². The summed E-state index contributed by atoms with van der Waals surface area (Å²) in [7, 11) is 0. The van der Waals surface area contributed by atoms with Crippen LogP contribution in [0.25, 0.3) is 0 Å². The molecule has 0 amide bonds. The number of halogens is 1. The van der Waals surface area contributed by atoms with Crippen LogP contribution >= 0.6 is 15.9 Å². The lowest BCUT2D eigenvalue weighted by Crippen LogP contribution is -2.57. The van der Waals surface area contributed by atoms with Crippen molar-refractivity contribution in [2.75, 3.05) is 13.2 Å². The Labute approximate surface area is 123 Å². The maximum atomic E-state index is 9.86. The minimum absolute atomic E-state index is 0.200. The molecule has 2 aliphatic carbocycles. The summed E-state index contributed by atoms with van der Waals surface area (Å²) in [5.74, 6) is -0.124. The Kier molecular flexibility index (Phi) is 3.24. The number of ether oxygens (including phenoxy) is 2. The first kappa shape index (κ1) is 13.9. The second-order valence-corrected chi connectivity index (χ2v) is 8.16. The molecule has 1 saturated heterocycles. The fourth-order valence-electron chi connectivity index (χ4n) is 4.58. The van der Waals surface area contributed by atoms with Gasteiger partial charge in [-0.05, 0) is 30.6 Å². The van der Waals surface area contributed by atoms with Crippen LogP contribution in [0.2, 0.25) is 0 Å². The van der Waals surface area contributed by atoms with Gasteiger partial charge in [0.1, 0.15) is 0 Å². The predicted molar refractivity (Wildman–Crippen MR) is 75.8 cm³/mol. The Balaban J connectivity index is 1.97. The monoisotopic (exact) mass is 327 g/mol. The van der Waals surface area contributed by atoms with E-state index in [9.17, 15) is 5.26 Å². The van der Waals surface area contributed by atoms with Crippen molar-refractivity contribution in [1.29, 1.82) is 5.26 Å². The molecule has 0 aromatic heterocycles. The van der Waals surface area contributed by atoms with Crippen molar-refractivity contribution >= 4 is 15.9 Å². The van der Waals surface area contributed by atoms with Crippen LogP contribution in [0.5, 0.6) is 0 Å². The summed E-state index contributed by atoms with van der Waals surface area (Å²) < 4.78 is 11.8. The van der Waals surface area contributed by atoms with Gasteiger partial charge in [0.05, 0.1) is 29.5 Å². The molecule has 1 spiro atoms. The molecular weight excluding hydrogens is 306 g/mol. The van der Waals surface area contributed by atoms with Crippen molar-refractivity contribution in [2.45, 2.75) is 56.6 Å². The molecule has 0 aromatic carbocycles. The highest BCUT2D eigenvalue weighted by Gasteiger charge is 2.61. The molecule has 0 N–H and O–H groups in total. The average Bonchev–Trinajstić information content (AvgIpc) is 2.81. The first-order valence-electron chi connectivity index (χ1n) is 7.27. The van der Waals surface area contributed by atoms with Gasteiger partial charge in [0.15, 0.2) is 5.79 Å². The molecule has 2 saturated carbocycles. The molecule has 3 rings (SSSR count). The third kappa shape index (κ3) is 1.97. The van der Waals surface area contributed by atoms with E-state index in [2.05, 4.69) is 35.8 Å². The standard InChI is InChI=1S/C15H22BrNO2/c1-13(2)4-3-5-14(10-17)9-15(18-6-7-19-15)12(16)8-11(13)14/h11-12H,3-9H2,1-2H3/t11-,12+,14+/m0/s1. The fraction of sp³-hybridized carbons (Fsp3) is 0.933. The van der Waals surface area contributed by atoms with Gasteiger partial charge in [0, 0.05) is 6.42 Å². The van der Waals surface area contributed by atoms with Crippen LogP contribution in [0.1, 0.15) is 46.0 Å². The Morgan fingerprint density at radius 1 is 1.21 bits per heavy atom. The van der Waals surface area contributed by atoms with E-state index in [1.165, 1.54) is 6.42 Å². The highest BCUT2D eigenvalue weighted by atomic mass is 79.9. The Morgan fingerprint density at radius 3 is 2.53 bits per heavy atom. The van der Waals surface area contributed by atoms with E-state index in [1.807, 2.05) is 0 Å². The van der Waals surface area contributed by atoms with E-state index < -0.39 is 5.79 Å². The summed E-state index contributed by atoms with van der Waals surface area (Å²) in [6.07, 6.45) is 5.04. The van der Waals surface area contributed by atoms with Crippen LogP contribution in [0.4, 0.5) is 0 Å². The fourth-order valence-corrected chi connectivity index (χ4v) is 5.38. The first-order chi connectivity index (χ1) is 8.94. The second kappa shape index (κ2) is 4.44. The quantitative estimate of drug-likeness (QED) is 0.638. The summed E-state index contributed by atoms with van der Waals surface area (Å²) in [4.78, 5) is 0.200. The molecule has 1 heterocycles. The lowest BCUT2D eigenvalue weighted by molar-refractivity contribution is -0.213. The summed E-state index contributed by atoms with van der Waals surface area (Å²) in [6.45, 7) is 5.93. The molecule has 0 bridgehead atoms. The number of alkyl halides is 1. The lowest BCUT2D eigenvalue weighted by Gasteiger charge is -2.56. The molecule has 19 heavy (non-hydrogen) atoms. The second-order valence-electron chi connectivity index (χ2n) is 7.05. The van der Waals surface area contributed by atoms with Crippen LogP contribution in [0, 0.1) is 28.1 Å². The smallest absolute Gasteiger partial charge is 0.182 e. The van der Waals surface area contributed by atoms with E-state index in [1.54, 1.807) is 0 Å². The summed E-state index contributed by atoms with van der Waals surface area (Å²) in [6, 6.07) is 2.67. The number of nitrogens with zero attached hydrogens (tertiary/aromatic N) is 1. The van der Waals surface area contributed by atoms with Gasteiger partial charge in [0.25, 0.3) is 0 Å². The zero-order valence-corrected chi connectivity index (χ0v) is 13.3. The van der Waals surface area contributed by atoms with Crippen LogP contribution in [0.15, 0.2) is 0 Å². The number of rotatable bonds is 0. The van der Waals surface area contributed by atoms with E-state index >= 15 is 0 Å². The maximum Gasteiger partial charge on any atom is 0.182 e. The molecule has 1 aliphatic heterocycles. The minimum Gasteiger partial charge on any atom is -0.346 e. The normalized spacial score (nSPS) is 43.7. The molecule has 3 atom stereocenters. The Hall–Kier alpha value is -0.110. The van der Waals surface area contributed by atoms with Crippen LogP contribution in [-0.4, -0.2) is 23.8 Å². The largest absolute Gasteiger partial charge is 0.346 e. The van der Waals surface area contributed by atoms with Gasteiger partial charge in [-0.15, -0.1) is 0 Å². The average molecular weight is 328 g/mol. The SMILES string of the molecule is CC1(C)CCC[C@]2(C#N)CC3(OCCO3)[C@H](Br)C[C@@H]12. The molecular formula is C15H22BrNO2. The van der Waals surface area contributed by atoms with Crippen molar-refractivity contribution in [1.82, 2.24) is 0 Å².